The van der Waals surface area contributed by atoms with Gasteiger partial charge in [0.2, 0.25) is 5.91 Å². The Morgan fingerprint density at radius 1 is 1.06 bits per heavy atom. The fourth-order valence-electron chi connectivity index (χ4n) is 3.04. The highest BCUT2D eigenvalue weighted by Crippen LogP contribution is 2.14. The van der Waals surface area contributed by atoms with E-state index in [4.69, 9.17) is 4.74 Å². The standard InChI is InChI=1S/C23H25N3O4S/c1-16-14-17(2)26(25-16)19-7-5-18(6-8-19)15-30-23(29)11-12-24-22(28)10-9-20(27)21-4-3-13-31-21/h3-8,13-14H,9-12,15H2,1-2H3,(H,24,28). The van der Waals surface area contributed by atoms with Crippen LogP contribution in [0.15, 0.2) is 47.8 Å². The summed E-state index contributed by atoms with van der Waals surface area (Å²) in [7, 11) is 0. The van der Waals surface area contributed by atoms with E-state index in [9.17, 15) is 14.4 Å². The van der Waals surface area contributed by atoms with Crippen LogP contribution in [0, 0.1) is 13.8 Å². The Morgan fingerprint density at radius 2 is 1.84 bits per heavy atom. The lowest BCUT2D eigenvalue weighted by Crippen LogP contribution is -2.26. The fraction of sp³-hybridized carbons (Fsp3) is 0.304. The highest BCUT2D eigenvalue weighted by molar-refractivity contribution is 7.12. The van der Waals surface area contributed by atoms with Crippen molar-refractivity contribution in [1.29, 1.82) is 0 Å². The summed E-state index contributed by atoms with van der Waals surface area (Å²) >= 11 is 1.36. The van der Waals surface area contributed by atoms with Crippen molar-refractivity contribution in [2.45, 2.75) is 39.7 Å². The number of benzene rings is 1. The molecule has 2 aromatic heterocycles. The second-order valence-corrected chi connectivity index (χ2v) is 8.11. The maximum atomic E-state index is 11.9. The number of hydrogen-bond donors (Lipinski definition) is 1. The number of ether oxygens (including phenoxy) is 1. The van der Waals surface area contributed by atoms with Crippen LogP contribution >= 0.6 is 11.3 Å². The van der Waals surface area contributed by atoms with Crippen LogP contribution in [-0.2, 0) is 20.9 Å². The lowest BCUT2D eigenvalue weighted by Gasteiger charge is -2.08. The quantitative estimate of drug-likeness (QED) is 0.384. The smallest absolute Gasteiger partial charge is 0.307 e. The van der Waals surface area contributed by atoms with Crippen LogP contribution < -0.4 is 5.32 Å². The SMILES string of the molecule is Cc1cc(C)n(-c2ccc(COC(=O)CCNC(=O)CCC(=O)c3cccs3)cc2)n1. The molecule has 8 heteroatoms. The van der Waals surface area contributed by atoms with Crippen molar-refractivity contribution in [2.75, 3.05) is 6.54 Å². The van der Waals surface area contributed by atoms with Crippen molar-refractivity contribution in [3.8, 4) is 5.69 Å². The molecule has 7 nitrogen and oxygen atoms in total. The molecule has 0 spiro atoms. The molecule has 0 bridgehead atoms. The maximum Gasteiger partial charge on any atom is 0.307 e. The fourth-order valence-corrected chi connectivity index (χ4v) is 3.73. The van der Waals surface area contributed by atoms with Crippen LogP contribution in [0.25, 0.3) is 5.69 Å². The lowest BCUT2D eigenvalue weighted by atomic mass is 10.2. The average molecular weight is 440 g/mol. The van der Waals surface area contributed by atoms with E-state index in [0.717, 1.165) is 22.6 Å². The van der Waals surface area contributed by atoms with Crippen LogP contribution in [0.4, 0.5) is 0 Å². The van der Waals surface area contributed by atoms with Crippen LogP contribution in [0.2, 0.25) is 0 Å². The first-order valence-corrected chi connectivity index (χ1v) is 10.9. The summed E-state index contributed by atoms with van der Waals surface area (Å²) in [6, 6.07) is 13.2. The van der Waals surface area contributed by atoms with Crippen molar-refractivity contribution in [2.24, 2.45) is 0 Å². The van der Waals surface area contributed by atoms with Gasteiger partial charge in [0.25, 0.3) is 0 Å². The van der Waals surface area contributed by atoms with E-state index in [1.165, 1.54) is 11.3 Å². The molecule has 1 amide bonds. The third-order valence-corrected chi connectivity index (χ3v) is 5.53. The predicted octanol–water partition coefficient (Wildman–Crippen LogP) is 3.76. The molecule has 0 aliphatic rings. The molecule has 1 aromatic carbocycles. The number of rotatable bonds is 10. The molecular formula is C23H25N3O4S. The molecule has 31 heavy (non-hydrogen) atoms. The van der Waals surface area contributed by atoms with Crippen LogP contribution in [0.1, 0.15) is 45.9 Å². The maximum absolute atomic E-state index is 11.9. The van der Waals surface area contributed by atoms with Gasteiger partial charge >= 0.3 is 5.97 Å². The zero-order valence-corrected chi connectivity index (χ0v) is 18.4. The minimum Gasteiger partial charge on any atom is -0.461 e. The predicted molar refractivity (Wildman–Crippen MR) is 118 cm³/mol. The molecule has 162 valence electrons. The summed E-state index contributed by atoms with van der Waals surface area (Å²) in [6.45, 7) is 4.29. The molecule has 1 N–H and O–H groups in total. The van der Waals surface area contributed by atoms with Gasteiger partial charge in [0, 0.05) is 25.1 Å². The van der Waals surface area contributed by atoms with E-state index in [-0.39, 0.29) is 44.1 Å². The molecule has 0 unspecified atom stereocenters. The number of carbonyl (C=O) groups is 3. The topological polar surface area (TPSA) is 90.3 Å². The number of nitrogens with one attached hydrogen (secondary N) is 1. The molecule has 3 rings (SSSR count). The summed E-state index contributed by atoms with van der Waals surface area (Å²) in [5.74, 6) is -0.691. The lowest BCUT2D eigenvalue weighted by molar-refractivity contribution is -0.144. The van der Waals surface area contributed by atoms with Gasteiger partial charge in [-0.1, -0.05) is 18.2 Å². The first-order chi connectivity index (χ1) is 14.9. The number of thiophene rings is 1. The summed E-state index contributed by atoms with van der Waals surface area (Å²) in [4.78, 5) is 36.3. The first kappa shape index (κ1) is 22.4. The van der Waals surface area contributed by atoms with E-state index in [0.29, 0.717) is 4.88 Å². The summed E-state index contributed by atoms with van der Waals surface area (Å²) in [6.07, 6.45) is 0.340. The normalized spacial score (nSPS) is 10.6. The highest BCUT2D eigenvalue weighted by atomic mass is 32.1. The average Bonchev–Trinajstić information content (AvgIpc) is 3.40. The van der Waals surface area contributed by atoms with E-state index in [1.807, 2.05) is 54.2 Å². The Morgan fingerprint density at radius 3 is 2.48 bits per heavy atom. The van der Waals surface area contributed by atoms with Gasteiger partial charge in [-0.15, -0.1) is 11.3 Å². The zero-order chi connectivity index (χ0) is 22.2. The van der Waals surface area contributed by atoms with Crippen molar-refractivity contribution in [3.05, 3.63) is 69.7 Å². The zero-order valence-electron chi connectivity index (χ0n) is 17.6. The second-order valence-electron chi connectivity index (χ2n) is 7.17. The Bertz CT molecular complexity index is 1040. The molecular weight excluding hydrogens is 414 g/mol. The van der Waals surface area contributed by atoms with Crippen molar-refractivity contribution in [3.63, 3.8) is 0 Å². The van der Waals surface area contributed by atoms with E-state index in [1.54, 1.807) is 12.1 Å². The van der Waals surface area contributed by atoms with Crippen molar-refractivity contribution >= 4 is 29.0 Å². The monoisotopic (exact) mass is 439 g/mol. The summed E-state index contributed by atoms with van der Waals surface area (Å²) < 4.78 is 7.13. The molecule has 0 aliphatic heterocycles. The van der Waals surface area contributed by atoms with E-state index >= 15 is 0 Å². The summed E-state index contributed by atoms with van der Waals surface area (Å²) in [5, 5.41) is 8.92. The Hall–Kier alpha value is -3.26. The largest absolute Gasteiger partial charge is 0.461 e. The Kier molecular flexibility index (Phi) is 7.72. The third kappa shape index (κ3) is 6.62. The molecule has 0 saturated heterocycles. The van der Waals surface area contributed by atoms with Gasteiger partial charge in [-0.25, -0.2) is 4.68 Å². The van der Waals surface area contributed by atoms with Gasteiger partial charge in [-0.05, 0) is 49.1 Å². The number of ketones is 1. The Balaban J connectivity index is 1.34. The number of esters is 1. The molecule has 0 atom stereocenters. The number of nitrogens with zero attached hydrogens (tertiary/aromatic N) is 2. The van der Waals surface area contributed by atoms with Gasteiger partial charge in [0.05, 0.1) is 22.7 Å². The van der Waals surface area contributed by atoms with Gasteiger partial charge in [-0.2, -0.15) is 5.10 Å². The molecule has 0 aliphatic carbocycles. The number of carbonyl (C=O) groups excluding carboxylic acids is 3. The number of hydrogen-bond acceptors (Lipinski definition) is 6. The second kappa shape index (κ2) is 10.7. The van der Waals surface area contributed by atoms with Gasteiger partial charge in [0.15, 0.2) is 5.78 Å². The van der Waals surface area contributed by atoms with Crippen LogP contribution in [0.3, 0.4) is 0 Å². The van der Waals surface area contributed by atoms with Crippen LogP contribution in [0.5, 0.6) is 0 Å². The molecule has 0 saturated carbocycles. The first-order valence-electron chi connectivity index (χ1n) is 10.0. The summed E-state index contributed by atoms with van der Waals surface area (Å²) in [5.41, 5.74) is 3.82. The molecule has 0 radical (unpaired) electrons. The van der Waals surface area contributed by atoms with Gasteiger partial charge in [0.1, 0.15) is 6.61 Å². The van der Waals surface area contributed by atoms with Crippen LogP contribution in [-0.4, -0.2) is 34.0 Å². The van der Waals surface area contributed by atoms with E-state index < -0.39 is 5.97 Å². The molecule has 3 aromatic rings. The number of Topliss-reactive ketones (excluding diaryl/α,β-unsaturated/α-hetero) is 1. The minimum atomic E-state index is -0.391. The van der Waals surface area contributed by atoms with Gasteiger partial charge < -0.3 is 10.1 Å². The van der Waals surface area contributed by atoms with Gasteiger partial charge in [-0.3, -0.25) is 14.4 Å². The highest BCUT2D eigenvalue weighted by Gasteiger charge is 2.11. The molecule has 0 fully saturated rings. The molecule has 2 heterocycles. The number of amides is 1. The minimum absolute atomic E-state index is 0.0477. The van der Waals surface area contributed by atoms with E-state index in [2.05, 4.69) is 10.4 Å². The Labute approximate surface area is 185 Å². The third-order valence-electron chi connectivity index (χ3n) is 4.62. The number of aromatic nitrogens is 2. The van der Waals surface area contributed by atoms with Crippen molar-refractivity contribution in [1.82, 2.24) is 15.1 Å². The number of aryl methyl sites for hydroxylation is 2. The van der Waals surface area contributed by atoms with Crippen molar-refractivity contribution < 1.29 is 19.1 Å².